The Morgan fingerprint density at radius 2 is 1.84 bits per heavy atom. The Morgan fingerprint density at radius 1 is 1.16 bits per heavy atom. The van der Waals surface area contributed by atoms with E-state index in [1.165, 1.54) is 25.7 Å². The van der Waals surface area contributed by atoms with Gasteiger partial charge in [0.05, 0.1) is 12.7 Å². The first-order valence-corrected chi connectivity index (χ1v) is 7.72. The molecule has 1 aliphatic carbocycles. The van der Waals surface area contributed by atoms with Crippen LogP contribution in [-0.2, 0) is 0 Å². The van der Waals surface area contributed by atoms with Crippen molar-refractivity contribution < 1.29 is 9.84 Å². The van der Waals surface area contributed by atoms with Gasteiger partial charge in [0, 0.05) is 5.56 Å². The summed E-state index contributed by atoms with van der Waals surface area (Å²) in [5.41, 5.74) is 0.975. The Morgan fingerprint density at radius 3 is 2.53 bits per heavy atom. The first-order valence-electron chi connectivity index (χ1n) is 7.72. The molecule has 0 aliphatic heterocycles. The molecular weight excluding hydrogens is 236 g/mol. The van der Waals surface area contributed by atoms with Crippen molar-refractivity contribution in [3.05, 3.63) is 29.8 Å². The van der Waals surface area contributed by atoms with E-state index in [9.17, 15) is 5.11 Å². The predicted molar refractivity (Wildman–Crippen MR) is 78.4 cm³/mol. The quantitative estimate of drug-likeness (QED) is 0.793. The summed E-state index contributed by atoms with van der Waals surface area (Å²) >= 11 is 0. The van der Waals surface area contributed by atoms with Gasteiger partial charge in [-0.1, -0.05) is 50.8 Å². The molecule has 2 rings (SSSR count). The molecule has 1 saturated carbocycles. The average Bonchev–Trinajstić information content (AvgIpc) is 2.73. The lowest BCUT2D eigenvalue weighted by molar-refractivity contribution is 0.0951. The lowest BCUT2D eigenvalue weighted by Crippen LogP contribution is -2.13. The van der Waals surface area contributed by atoms with Crippen LogP contribution in [0.3, 0.4) is 0 Å². The van der Waals surface area contributed by atoms with Crippen LogP contribution >= 0.6 is 0 Å². The first kappa shape index (κ1) is 14.4. The molecule has 2 heteroatoms. The molecule has 0 aromatic heterocycles. The highest BCUT2D eigenvalue weighted by molar-refractivity contribution is 5.35. The van der Waals surface area contributed by atoms with Crippen LogP contribution in [0.2, 0.25) is 0 Å². The standard InChI is InChI=1S/C17H26O2/c1-2-13-19-16-12-8-7-11-15(16)17(18)14-9-5-3-4-6-10-14/h7-8,11-12,14,17-18H,2-6,9-10,13H2,1H3. The second-order valence-corrected chi connectivity index (χ2v) is 5.58. The van der Waals surface area contributed by atoms with Crippen molar-refractivity contribution in [3.8, 4) is 5.75 Å². The lowest BCUT2D eigenvalue weighted by atomic mass is 9.89. The maximum Gasteiger partial charge on any atom is 0.125 e. The van der Waals surface area contributed by atoms with E-state index in [1.54, 1.807) is 0 Å². The van der Waals surface area contributed by atoms with Crippen molar-refractivity contribution in [2.45, 2.75) is 58.0 Å². The van der Waals surface area contributed by atoms with Crippen molar-refractivity contribution >= 4 is 0 Å². The molecule has 0 heterocycles. The van der Waals surface area contributed by atoms with E-state index in [0.29, 0.717) is 12.5 Å². The van der Waals surface area contributed by atoms with Gasteiger partial charge in [-0.15, -0.1) is 0 Å². The van der Waals surface area contributed by atoms with Crippen LogP contribution in [-0.4, -0.2) is 11.7 Å². The highest BCUT2D eigenvalue weighted by Crippen LogP contribution is 2.37. The van der Waals surface area contributed by atoms with Crippen molar-refractivity contribution in [1.29, 1.82) is 0 Å². The molecule has 2 nitrogen and oxygen atoms in total. The zero-order valence-corrected chi connectivity index (χ0v) is 12.0. The van der Waals surface area contributed by atoms with Gasteiger partial charge in [0.25, 0.3) is 0 Å². The normalized spacial score (nSPS) is 18.8. The van der Waals surface area contributed by atoms with E-state index in [0.717, 1.165) is 30.6 Å². The van der Waals surface area contributed by atoms with Gasteiger partial charge in [-0.25, -0.2) is 0 Å². The number of hydrogen-bond acceptors (Lipinski definition) is 2. The zero-order chi connectivity index (χ0) is 13.5. The average molecular weight is 262 g/mol. The van der Waals surface area contributed by atoms with Gasteiger partial charge in [-0.3, -0.25) is 0 Å². The van der Waals surface area contributed by atoms with Gasteiger partial charge in [0.15, 0.2) is 0 Å². The number of rotatable bonds is 5. The second-order valence-electron chi connectivity index (χ2n) is 5.58. The van der Waals surface area contributed by atoms with Crippen LogP contribution in [0.4, 0.5) is 0 Å². The first-order chi connectivity index (χ1) is 9.33. The molecule has 1 N–H and O–H groups in total. The lowest BCUT2D eigenvalue weighted by Gasteiger charge is -2.23. The molecule has 0 saturated heterocycles. The van der Waals surface area contributed by atoms with Crippen molar-refractivity contribution in [2.75, 3.05) is 6.61 Å². The number of benzene rings is 1. The fourth-order valence-electron chi connectivity index (χ4n) is 2.95. The summed E-state index contributed by atoms with van der Waals surface area (Å²) in [7, 11) is 0. The highest BCUT2D eigenvalue weighted by atomic mass is 16.5. The topological polar surface area (TPSA) is 29.5 Å². The van der Waals surface area contributed by atoms with Crippen LogP contribution < -0.4 is 4.74 Å². The summed E-state index contributed by atoms with van der Waals surface area (Å²) in [5.74, 6) is 1.26. The third-order valence-electron chi connectivity index (χ3n) is 4.05. The van der Waals surface area contributed by atoms with Crippen molar-refractivity contribution in [2.24, 2.45) is 5.92 Å². The van der Waals surface area contributed by atoms with E-state index in [-0.39, 0.29) is 6.10 Å². The van der Waals surface area contributed by atoms with Crippen LogP contribution in [0.15, 0.2) is 24.3 Å². The van der Waals surface area contributed by atoms with Gasteiger partial charge >= 0.3 is 0 Å². The largest absolute Gasteiger partial charge is 0.493 e. The van der Waals surface area contributed by atoms with E-state index < -0.39 is 0 Å². The Kier molecular flexibility index (Phi) is 5.71. The summed E-state index contributed by atoms with van der Waals surface area (Å²) in [4.78, 5) is 0. The van der Waals surface area contributed by atoms with E-state index in [1.807, 2.05) is 24.3 Å². The molecule has 1 unspecified atom stereocenters. The van der Waals surface area contributed by atoms with Gasteiger partial charge in [0.2, 0.25) is 0 Å². The van der Waals surface area contributed by atoms with Gasteiger partial charge in [0.1, 0.15) is 5.75 Å². The maximum absolute atomic E-state index is 10.7. The molecular formula is C17H26O2. The molecule has 0 bridgehead atoms. The highest BCUT2D eigenvalue weighted by Gasteiger charge is 2.24. The Balaban J connectivity index is 2.10. The predicted octanol–water partition coefficient (Wildman–Crippen LogP) is 4.48. The Hall–Kier alpha value is -1.02. The molecule has 1 aromatic rings. The molecule has 1 fully saturated rings. The van der Waals surface area contributed by atoms with E-state index in [4.69, 9.17) is 4.74 Å². The minimum Gasteiger partial charge on any atom is -0.493 e. The summed E-state index contributed by atoms with van der Waals surface area (Å²) < 4.78 is 5.77. The van der Waals surface area contributed by atoms with Crippen LogP contribution in [0.1, 0.15) is 63.5 Å². The third kappa shape index (κ3) is 3.97. The Labute approximate surface area is 116 Å². The van der Waals surface area contributed by atoms with Crippen molar-refractivity contribution in [1.82, 2.24) is 0 Å². The second kappa shape index (κ2) is 7.54. The van der Waals surface area contributed by atoms with Crippen LogP contribution in [0.25, 0.3) is 0 Å². The van der Waals surface area contributed by atoms with Gasteiger partial charge in [-0.05, 0) is 31.2 Å². The van der Waals surface area contributed by atoms with Gasteiger partial charge < -0.3 is 9.84 Å². The summed E-state index contributed by atoms with van der Waals surface area (Å²) in [6.07, 6.45) is 8.04. The maximum atomic E-state index is 10.7. The zero-order valence-electron chi connectivity index (χ0n) is 12.0. The number of para-hydroxylation sites is 1. The number of aliphatic hydroxyl groups is 1. The fourth-order valence-corrected chi connectivity index (χ4v) is 2.95. The monoisotopic (exact) mass is 262 g/mol. The number of ether oxygens (including phenoxy) is 1. The van der Waals surface area contributed by atoms with E-state index >= 15 is 0 Å². The van der Waals surface area contributed by atoms with E-state index in [2.05, 4.69) is 6.92 Å². The van der Waals surface area contributed by atoms with Crippen molar-refractivity contribution in [3.63, 3.8) is 0 Å². The molecule has 1 aliphatic rings. The third-order valence-corrected chi connectivity index (χ3v) is 4.05. The van der Waals surface area contributed by atoms with Crippen LogP contribution in [0, 0.1) is 5.92 Å². The fraction of sp³-hybridized carbons (Fsp3) is 0.647. The minimum atomic E-state index is -0.369. The molecule has 0 amide bonds. The SMILES string of the molecule is CCCOc1ccccc1C(O)C1CCCCCC1. The molecule has 19 heavy (non-hydrogen) atoms. The minimum absolute atomic E-state index is 0.369. The summed E-state index contributed by atoms with van der Waals surface area (Å²) in [5, 5.41) is 10.7. The molecule has 1 aromatic carbocycles. The molecule has 0 spiro atoms. The Bertz CT molecular complexity index is 367. The summed E-state index contributed by atoms with van der Waals surface area (Å²) in [6, 6.07) is 7.97. The van der Waals surface area contributed by atoms with Gasteiger partial charge in [-0.2, -0.15) is 0 Å². The molecule has 1 atom stereocenters. The smallest absolute Gasteiger partial charge is 0.125 e. The number of aliphatic hydroxyl groups excluding tert-OH is 1. The molecule has 0 radical (unpaired) electrons. The van der Waals surface area contributed by atoms with Crippen LogP contribution in [0.5, 0.6) is 5.75 Å². The summed E-state index contributed by atoms with van der Waals surface area (Å²) in [6.45, 7) is 2.82. The molecule has 106 valence electrons. The number of hydrogen-bond donors (Lipinski definition) is 1.